The first-order valence-corrected chi connectivity index (χ1v) is 9.92. The van der Waals surface area contributed by atoms with E-state index >= 15 is 0 Å². The molecule has 0 aliphatic heterocycles. The number of aromatic nitrogens is 2. The van der Waals surface area contributed by atoms with Gasteiger partial charge in [-0.05, 0) is 36.6 Å². The summed E-state index contributed by atoms with van der Waals surface area (Å²) in [5.41, 5.74) is 8.17. The Morgan fingerprint density at radius 3 is 2.81 bits per heavy atom. The second kappa shape index (κ2) is 9.55. The minimum Gasteiger partial charge on any atom is -0.492 e. The van der Waals surface area contributed by atoms with Crippen molar-refractivity contribution in [3.63, 3.8) is 0 Å². The number of ether oxygens (including phenoxy) is 1. The quantitative estimate of drug-likeness (QED) is 0.742. The number of benzene rings is 1. The van der Waals surface area contributed by atoms with Gasteiger partial charge in [0.15, 0.2) is 0 Å². The molecule has 1 aliphatic rings. The van der Waals surface area contributed by atoms with Crippen LogP contribution in [-0.4, -0.2) is 28.8 Å². The molecule has 1 fully saturated rings. The van der Waals surface area contributed by atoms with Crippen molar-refractivity contribution in [2.75, 3.05) is 18.5 Å². The first-order valence-electron chi connectivity index (χ1n) is 9.92. The van der Waals surface area contributed by atoms with E-state index in [1.54, 1.807) is 10.9 Å². The van der Waals surface area contributed by atoms with Gasteiger partial charge in [0.2, 0.25) is 5.91 Å². The molecule has 1 aromatic carbocycles. The zero-order valence-corrected chi connectivity index (χ0v) is 16.1. The average molecular weight is 370 g/mol. The highest BCUT2D eigenvalue weighted by atomic mass is 16.5. The Kier molecular flexibility index (Phi) is 6.87. The molecule has 0 radical (unpaired) electrons. The zero-order chi connectivity index (χ0) is 19.1. The number of nitrogens with one attached hydrogen (secondary N) is 1. The van der Waals surface area contributed by atoms with Crippen LogP contribution in [0.1, 0.15) is 44.9 Å². The van der Waals surface area contributed by atoms with Gasteiger partial charge in [0.1, 0.15) is 12.4 Å². The van der Waals surface area contributed by atoms with E-state index in [1.165, 1.54) is 32.1 Å². The predicted molar refractivity (Wildman–Crippen MR) is 108 cm³/mol. The fourth-order valence-electron chi connectivity index (χ4n) is 3.78. The van der Waals surface area contributed by atoms with E-state index < -0.39 is 0 Å². The van der Waals surface area contributed by atoms with E-state index in [0.717, 1.165) is 29.1 Å². The Bertz CT molecular complexity index is 750. The van der Waals surface area contributed by atoms with Gasteiger partial charge in [-0.3, -0.25) is 9.48 Å². The SMILES string of the molecule is Cn1nccc1-c1cc(NC(=O)CCC2CCCCC2)ccc1OCCN. The van der Waals surface area contributed by atoms with Gasteiger partial charge in [-0.15, -0.1) is 0 Å². The van der Waals surface area contributed by atoms with E-state index in [2.05, 4.69) is 10.4 Å². The maximum absolute atomic E-state index is 12.4. The van der Waals surface area contributed by atoms with Gasteiger partial charge in [-0.2, -0.15) is 5.10 Å². The Balaban J connectivity index is 1.68. The minimum absolute atomic E-state index is 0.0761. The van der Waals surface area contributed by atoms with E-state index in [4.69, 9.17) is 10.5 Å². The number of anilines is 1. The molecule has 27 heavy (non-hydrogen) atoms. The van der Waals surface area contributed by atoms with Crippen LogP contribution in [0, 0.1) is 5.92 Å². The number of hydrogen-bond acceptors (Lipinski definition) is 4. The topological polar surface area (TPSA) is 82.2 Å². The number of carbonyl (C=O) groups is 1. The second-order valence-electron chi connectivity index (χ2n) is 7.28. The summed E-state index contributed by atoms with van der Waals surface area (Å²) in [4.78, 5) is 12.4. The highest BCUT2D eigenvalue weighted by molar-refractivity contribution is 5.91. The summed E-state index contributed by atoms with van der Waals surface area (Å²) in [6.45, 7) is 0.891. The van der Waals surface area contributed by atoms with Gasteiger partial charge in [0.25, 0.3) is 0 Å². The molecule has 6 heteroatoms. The van der Waals surface area contributed by atoms with Crippen LogP contribution in [0.3, 0.4) is 0 Å². The lowest BCUT2D eigenvalue weighted by Crippen LogP contribution is -2.15. The number of nitrogens with two attached hydrogens (primary N) is 1. The largest absolute Gasteiger partial charge is 0.492 e. The predicted octanol–water partition coefficient (Wildman–Crippen LogP) is 3.72. The summed E-state index contributed by atoms with van der Waals surface area (Å²) >= 11 is 0. The summed E-state index contributed by atoms with van der Waals surface area (Å²) in [7, 11) is 1.89. The molecule has 2 aromatic rings. The third kappa shape index (κ3) is 5.32. The minimum atomic E-state index is 0.0761. The highest BCUT2D eigenvalue weighted by Crippen LogP contribution is 2.33. The van der Waals surface area contributed by atoms with E-state index in [-0.39, 0.29) is 5.91 Å². The van der Waals surface area contributed by atoms with Crippen molar-refractivity contribution < 1.29 is 9.53 Å². The van der Waals surface area contributed by atoms with Crippen LogP contribution < -0.4 is 15.8 Å². The van der Waals surface area contributed by atoms with Crippen LogP contribution >= 0.6 is 0 Å². The van der Waals surface area contributed by atoms with Crippen LogP contribution in [0.25, 0.3) is 11.3 Å². The summed E-state index contributed by atoms with van der Waals surface area (Å²) in [5, 5.41) is 7.27. The van der Waals surface area contributed by atoms with Crippen molar-refractivity contribution in [2.45, 2.75) is 44.9 Å². The van der Waals surface area contributed by atoms with E-state index in [1.807, 2.05) is 31.3 Å². The molecular weight excluding hydrogens is 340 g/mol. The monoisotopic (exact) mass is 370 g/mol. The molecular formula is C21H30N4O2. The molecule has 1 saturated carbocycles. The van der Waals surface area contributed by atoms with Crippen molar-refractivity contribution in [3.8, 4) is 17.0 Å². The van der Waals surface area contributed by atoms with Crippen LogP contribution in [0.15, 0.2) is 30.5 Å². The van der Waals surface area contributed by atoms with Crippen LogP contribution in [0.2, 0.25) is 0 Å². The lowest BCUT2D eigenvalue weighted by molar-refractivity contribution is -0.116. The smallest absolute Gasteiger partial charge is 0.224 e. The molecule has 0 unspecified atom stereocenters. The molecule has 3 rings (SSSR count). The molecule has 0 saturated heterocycles. The van der Waals surface area contributed by atoms with Crippen LogP contribution in [0.5, 0.6) is 5.75 Å². The van der Waals surface area contributed by atoms with Gasteiger partial charge >= 0.3 is 0 Å². The molecule has 1 heterocycles. The normalized spacial score (nSPS) is 14.9. The first-order chi connectivity index (χ1) is 13.2. The number of nitrogens with zero attached hydrogens (tertiary/aromatic N) is 2. The molecule has 0 bridgehead atoms. The third-order valence-corrected chi connectivity index (χ3v) is 5.24. The highest BCUT2D eigenvalue weighted by Gasteiger charge is 2.16. The maximum atomic E-state index is 12.4. The molecule has 1 aromatic heterocycles. The van der Waals surface area contributed by atoms with Crippen molar-refractivity contribution >= 4 is 11.6 Å². The molecule has 0 atom stereocenters. The fourth-order valence-corrected chi connectivity index (χ4v) is 3.78. The summed E-state index contributed by atoms with van der Waals surface area (Å²) in [5.74, 6) is 1.53. The van der Waals surface area contributed by atoms with Gasteiger partial charge in [-0.25, -0.2) is 0 Å². The maximum Gasteiger partial charge on any atom is 0.224 e. The van der Waals surface area contributed by atoms with Crippen molar-refractivity contribution in [2.24, 2.45) is 18.7 Å². The van der Waals surface area contributed by atoms with Crippen LogP contribution in [0.4, 0.5) is 5.69 Å². The molecule has 3 N–H and O–H groups in total. The molecule has 146 valence electrons. The summed E-state index contributed by atoms with van der Waals surface area (Å²) in [6, 6.07) is 7.64. The Morgan fingerprint density at radius 2 is 2.11 bits per heavy atom. The summed E-state index contributed by atoms with van der Waals surface area (Å²) < 4.78 is 7.56. The molecule has 1 amide bonds. The number of aryl methyl sites for hydroxylation is 1. The van der Waals surface area contributed by atoms with Crippen molar-refractivity contribution in [1.82, 2.24) is 9.78 Å². The number of amides is 1. The third-order valence-electron chi connectivity index (χ3n) is 5.24. The van der Waals surface area contributed by atoms with Crippen LogP contribution in [-0.2, 0) is 11.8 Å². The Morgan fingerprint density at radius 1 is 1.30 bits per heavy atom. The number of carbonyl (C=O) groups excluding carboxylic acids is 1. The average Bonchev–Trinajstić information content (AvgIpc) is 3.12. The fraction of sp³-hybridized carbons (Fsp3) is 0.524. The Hall–Kier alpha value is -2.34. The lowest BCUT2D eigenvalue weighted by Gasteiger charge is -2.21. The summed E-state index contributed by atoms with van der Waals surface area (Å²) in [6.07, 6.45) is 9.82. The molecule has 6 nitrogen and oxygen atoms in total. The van der Waals surface area contributed by atoms with Gasteiger partial charge in [0, 0.05) is 37.5 Å². The standard InChI is InChI=1S/C21H30N4O2/c1-25-19(11-13-23-25)18-15-17(8-9-20(18)27-14-12-22)24-21(26)10-7-16-5-3-2-4-6-16/h8-9,11,13,15-16H,2-7,10,12,14,22H2,1H3,(H,24,26). The van der Waals surface area contributed by atoms with Crippen molar-refractivity contribution in [1.29, 1.82) is 0 Å². The second-order valence-corrected chi connectivity index (χ2v) is 7.28. The molecule has 1 aliphatic carbocycles. The first kappa shape index (κ1) is 19.4. The number of rotatable bonds is 8. The van der Waals surface area contributed by atoms with Gasteiger partial charge < -0.3 is 15.8 Å². The van der Waals surface area contributed by atoms with Crippen molar-refractivity contribution in [3.05, 3.63) is 30.5 Å². The van der Waals surface area contributed by atoms with E-state index in [9.17, 15) is 4.79 Å². The van der Waals surface area contributed by atoms with Gasteiger partial charge in [-0.1, -0.05) is 32.1 Å². The molecule has 0 spiro atoms. The number of hydrogen-bond donors (Lipinski definition) is 2. The Labute approximate surface area is 161 Å². The van der Waals surface area contributed by atoms with E-state index in [0.29, 0.717) is 25.5 Å². The lowest BCUT2D eigenvalue weighted by atomic mass is 9.86. The zero-order valence-electron chi connectivity index (χ0n) is 16.1. The van der Waals surface area contributed by atoms with Gasteiger partial charge in [0.05, 0.1) is 5.69 Å².